The number of H-pyrrole nitrogens is 1. The summed E-state index contributed by atoms with van der Waals surface area (Å²) in [4.78, 5) is 30.0. The Labute approximate surface area is 154 Å². The first-order valence-electron chi connectivity index (χ1n) is 8.56. The highest BCUT2D eigenvalue weighted by molar-refractivity contribution is 5.52. The van der Waals surface area contributed by atoms with E-state index in [1.807, 2.05) is 0 Å². The minimum absolute atomic E-state index is 0.153. The lowest BCUT2D eigenvalue weighted by atomic mass is 10.1. The molecule has 0 bridgehead atoms. The standard InChI is InChI=1S/C19H18FN5O2/c1-27-17-6-12(2-3-15(17)20)9-25-5-4-16-14(10-25)19(26)24-18(23-16)13-7-21-11-22-8-13/h2-3,6-8,11H,4-5,9-10H2,1H3,(H,23,24,26). The Bertz CT molecular complexity index is 1020. The van der Waals surface area contributed by atoms with Crippen LogP contribution in [0.3, 0.4) is 0 Å². The third-order valence-electron chi connectivity index (χ3n) is 4.60. The number of halogens is 1. The van der Waals surface area contributed by atoms with E-state index in [-0.39, 0.29) is 17.1 Å². The van der Waals surface area contributed by atoms with E-state index in [4.69, 9.17) is 4.74 Å². The predicted octanol–water partition coefficient (Wildman–Crippen LogP) is 1.93. The average molecular weight is 367 g/mol. The van der Waals surface area contributed by atoms with Crippen molar-refractivity contribution >= 4 is 0 Å². The van der Waals surface area contributed by atoms with Crippen molar-refractivity contribution in [1.29, 1.82) is 0 Å². The molecule has 138 valence electrons. The van der Waals surface area contributed by atoms with Crippen LogP contribution >= 0.6 is 0 Å². The number of aromatic amines is 1. The molecule has 0 spiro atoms. The number of nitrogens with one attached hydrogen (secondary N) is 1. The van der Waals surface area contributed by atoms with Gasteiger partial charge in [-0.3, -0.25) is 9.69 Å². The highest BCUT2D eigenvalue weighted by atomic mass is 19.1. The number of nitrogens with zero attached hydrogens (tertiary/aromatic N) is 4. The topological polar surface area (TPSA) is 84.0 Å². The maximum atomic E-state index is 13.6. The summed E-state index contributed by atoms with van der Waals surface area (Å²) in [5.74, 6) is 0.318. The average Bonchev–Trinajstić information content (AvgIpc) is 2.70. The highest BCUT2D eigenvalue weighted by Crippen LogP contribution is 2.22. The van der Waals surface area contributed by atoms with Gasteiger partial charge in [-0.15, -0.1) is 0 Å². The third kappa shape index (κ3) is 3.56. The molecule has 2 aromatic heterocycles. The van der Waals surface area contributed by atoms with E-state index in [0.29, 0.717) is 36.5 Å². The number of methoxy groups -OCH3 is 1. The van der Waals surface area contributed by atoms with Gasteiger partial charge in [0.05, 0.1) is 23.9 Å². The first kappa shape index (κ1) is 17.3. The summed E-state index contributed by atoms with van der Waals surface area (Å²) in [7, 11) is 1.44. The summed E-state index contributed by atoms with van der Waals surface area (Å²) < 4.78 is 18.6. The molecule has 1 aliphatic heterocycles. The Morgan fingerprint density at radius 1 is 1.30 bits per heavy atom. The van der Waals surface area contributed by atoms with E-state index >= 15 is 0 Å². The molecule has 7 nitrogen and oxygen atoms in total. The van der Waals surface area contributed by atoms with Crippen molar-refractivity contribution in [2.24, 2.45) is 0 Å². The smallest absolute Gasteiger partial charge is 0.255 e. The van der Waals surface area contributed by atoms with Gasteiger partial charge in [-0.05, 0) is 17.7 Å². The largest absolute Gasteiger partial charge is 0.494 e. The van der Waals surface area contributed by atoms with Gasteiger partial charge >= 0.3 is 0 Å². The molecule has 27 heavy (non-hydrogen) atoms. The lowest BCUT2D eigenvalue weighted by Gasteiger charge is -2.27. The summed E-state index contributed by atoms with van der Waals surface area (Å²) in [6, 6.07) is 4.81. The van der Waals surface area contributed by atoms with E-state index in [9.17, 15) is 9.18 Å². The molecular formula is C19H18FN5O2. The monoisotopic (exact) mass is 367 g/mol. The van der Waals surface area contributed by atoms with Gasteiger partial charge in [-0.2, -0.15) is 0 Å². The van der Waals surface area contributed by atoms with Crippen LogP contribution in [0, 0.1) is 5.82 Å². The van der Waals surface area contributed by atoms with Crippen LogP contribution in [0.5, 0.6) is 5.75 Å². The van der Waals surface area contributed by atoms with E-state index < -0.39 is 0 Å². The lowest BCUT2D eigenvalue weighted by Crippen LogP contribution is -2.35. The van der Waals surface area contributed by atoms with E-state index in [1.54, 1.807) is 24.5 Å². The molecular weight excluding hydrogens is 349 g/mol. The molecule has 1 aliphatic rings. The van der Waals surface area contributed by atoms with Gasteiger partial charge < -0.3 is 9.72 Å². The number of rotatable bonds is 4. The SMILES string of the molecule is COc1cc(CN2CCc3nc(-c4cncnc4)[nH]c(=O)c3C2)ccc1F. The molecule has 0 saturated carbocycles. The molecule has 0 saturated heterocycles. The maximum Gasteiger partial charge on any atom is 0.255 e. The Kier molecular flexibility index (Phi) is 4.64. The van der Waals surface area contributed by atoms with Crippen LogP contribution in [-0.2, 0) is 19.5 Å². The quantitative estimate of drug-likeness (QED) is 0.759. The number of benzene rings is 1. The summed E-state index contributed by atoms with van der Waals surface area (Å²) >= 11 is 0. The van der Waals surface area contributed by atoms with Gasteiger partial charge in [0.1, 0.15) is 12.2 Å². The number of hydrogen-bond acceptors (Lipinski definition) is 6. The molecule has 3 aromatic rings. The number of fused-ring (bicyclic) bond motifs is 1. The minimum Gasteiger partial charge on any atom is -0.494 e. The zero-order chi connectivity index (χ0) is 18.8. The van der Waals surface area contributed by atoms with Gasteiger partial charge in [0.2, 0.25) is 0 Å². The van der Waals surface area contributed by atoms with Gasteiger partial charge in [-0.1, -0.05) is 6.07 Å². The van der Waals surface area contributed by atoms with E-state index in [1.165, 1.54) is 19.5 Å². The molecule has 0 radical (unpaired) electrons. The van der Waals surface area contributed by atoms with Gasteiger partial charge in [-0.25, -0.2) is 19.3 Å². The second kappa shape index (κ2) is 7.24. The second-order valence-corrected chi connectivity index (χ2v) is 6.40. The zero-order valence-electron chi connectivity index (χ0n) is 14.8. The maximum absolute atomic E-state index is 13.6. The molecule has 0 unspecified atom stereocenters. The molecule has 0 aliphatic carbocycles. The van der Waals surface area contributed by atoms with Crippen LogP contribution in [0.25, 0.3) is 11.4 Å². The van der Waals surface area contributed by atoms with Gasteiger partial charge in [0.25, 0.3) is 5.56 Å². The van der Waals surface area contributed by atoms with Crippen molar-refractivity contribution in [1.82, 2.24) is 24.8 Å². The molecule has 4 rings (SSSR count). The summed E-state index contributed by atoms with van der Waals surface area (Å²) in [6.07, 6.45) is 5.34. The second-order valence-electron chi connectivity index (χ2n) is 6.40. The van der Waals surface area contributed by atoms with E-state index in [0.717, 1.165) is 17.8 Å². The van der Waals surface area contributed by atoms with Gasteiger partial charge in [0, 0.05) is 38.4 Å². The molecule has 3 heterocycles. The van der Waals surface area contributed by atoms with Crippen molar-refractivity contribution in [2.45, 2.75) is 19.5 Å². The van der Waals surface area contributed by atoms with Crippen molar-refractivity contribution in [3.8, 4) is 17.1 Å². The Morgan fingerprint density at radius 2 is 2.11 bits per heavy atom. The Balaban J connectivity index is 1.56. The summed E-state index contributed by atoms with van der Waals surface area (Å²) in [5.41, 5.74) is 2.92. The normalized spacial score (nSPS) is 14.0. The molecule has 8 heteroatoms. The number of hydrogen-bond donors (Lipinski definition) is 1. The Hall–Kier alpha value is -3.13. The van der Waals surface area contributed by atoms with Crippen molar-refractivity contribution in [2.75, 3.05) is 13.7 Å². The first-order chi connectivity index (χ1) is 13.1. The van der Waals surface area contributed by atoms with E-state index in [2.05, 4.69) is 24.8 Å². The molecule has 1 aromatic carbocycles. The van der Waals surface area contributed by atoms with Crippen LogP contribution in [0.2, 0.25) is 0 Å². The first-order valence-corrected chi connectivity index (χ1v) is 8.56. The van der Waals surface area contributed by atoms with Crippen LogP contribution in [0.15, 0.2) is 41.7 Å². The van der Waals surface area contributed by atoms with Crippen LogP contribution in [0.1, 0.15) is 16.8 Å². The van der Waals surface area contributed by atoms with Crippen molar-refractivity contribution in [3.05, 3.63) is 69.9 Å². The zero-order valence-corrected chi connectivity index (χ0v) is 14.8. The van der Waals surface area contributed by atoms with Gasteiger partial charge in [0.15, 0.2) is 11.6 Å². The molecule has 0 fully saturated rings. The highest BCUT2D eigenvalue weighted by Gasteiger charge is 2.22. The van der Waals surface area contributed by atoms with Crippen LogP contribution in [-0.4, -0.2) is 38.5 Å². The Morgan fingerprint density at radius 3 is 2.89 bits per heavy atom. The third-order valence-corrected chi connectivity index (χ3v) is 4.60. The number of aromatic nitrogens is 4. The minimum atomic E-state index is -0.386. The fourth-order valence-electron chi connectivity index (χ4n) is 3.23. The van der Waals surface area contributed by atoms with Crippen molar-refractivity contribution in [3.63, 3.8) is 0 Å². The summed E-state index contributed by atoms with van der Waals surface area (Å²) in [6.45, 7) is 1.85. The summed E-state index contributed by atoms with van der Waals surface area (Å²) in [5, 5.41) is 0. The molecule has 1 N–H and O–H groups in total. The fourth-order valence-corrected chi connectivity index (χ4v) is 3.23. The fraction of sp³-hybridized carbons (Fsp3) is 0.263. The number of ether oxygens (including phenoxy) is 1. The lowest BCUT2D eigenvalue weighted by molar-refractivity contribution is 0.241. The molecule has 0 atom stereocenters. The molecule has 0 amide bonds. The van der Waals surface area contributed by atoms with Crippen molar-refractivity contribution < 1.29 is 9.13 Å². The van der Waals surface area contributed by atoms with Crippen LogP contribution < -0.4 is 10.3 Å². The van der Waals surface area contributed by atoms with Crippen LogP contribution in [0.4, 0.5) is 4.39 Å². The predicted molar refractivity (Wildman–Crippen MR) is 96.7 cm³/mol.